The first-order valence-electron chi connectivity index (χ1n) is 10.5. The van der Waals surface area contributed by atoms with Crippen molar-refractivity contribution in [1.82, 2.24) is 0 Å². The summed E-state index contributed by atoms with van der Waals surface area (Å²) in [4.78, 5) is 12.6. The third kappa shape index (κ3) is 6.74. The van der Waals surface area contributed by atoms with Crippen LogP contribution in [0.4, 0.5) is 17.1 Å². The standard InChI is InChI=1S/C24H27N3O6S2/c1-17-8-13-23(18(2)14-17)26-35(31,32)22-11-9-19(10-12-22)25-24(28)16-27(34(4,29)30)20-6-5-7-21(15-20)33-3/h5-15,26H,16H2,1-4H3,(H,25,28). The van der Waals surface area contributed by atoms with Crippen LogP contribution in [0.3, 0.4) is 0 Å². The van der Waals surface area contributed by atoms with Gasteiger partial charge in [0.15, 0.2) is 0 Å². The summed E-state index contributed by atoms with van der Waals surface area (Å²) in [7, 11) is -6.14. The molecule has 3 aromatic rings. The third-order valence-corrected chi connectivity index (χ3v) is 7.63. The van der Waals surface area contributed by atoms with E-state index >= 15 is 0 Å². The highest BCUT2D eigenvalue weighted by molar-refractivity contribution is 7.92. The van der Waals surface area contributed by atoms with Crippen molar-refractivity contribution in [3.05, 3.63) is 77.9 Å². The number of methoxy groups -OCH3 is 1. The Kier molecular flexibility index (Phi) is 7.71. The molecule has 0 unspecified atom stereocenters. The normalized spacial score (nSPS) is 11.5. The first-order chi connectivity index (χ1) is 16.4. The van der Waals surface area contributed by atoms with Gasteiger partial charge in [0.1, 0.15) is 12.3 Å². The van der Waals surface area contributed by atoms with Crippen LogP contribution in [-0.4, -0.2) is 42.7 Å². The highest BCUT2D eigenvalue weighted by Crippen LogP contribution is 2.24. The summed E-state index contributed by atoms with van der Waals surface area (Å²) in [5.41, 5.74) is 2.89. The van der Waals surface area contributed by atoms with Gasteiger partial charge in [-0.1, -0.05) is 23.8 Å². The number of carbonyl (C=O) groups is 1. The number of hydrogen-bond donors (Lipinski definition) is 2. The van der Waals surface area contributed by atoms with Gasteiger partial charge >= 0.3 is 0 Å². The molecule has 3 rings (SSSR count). The molecule has 11 heteroatoms. The molecule has 1 amide bonds. The molecule has 0 heterocycles. The maximum absolute atomic E-state index is 12.8. The van der Waals surface area contributed by atoms with Gasteiger partial charge in [-0.25, -0.2) is 16.8 Å². The van der Waals surface area contributed by atoms with Crippen LogP contribution in [0.25, 0.3) is 0 Å². The molecule has 3 aromatic carbocycles. The van der Waals surface area contributed by atoms with E-state index in [4.69, 9.17) is 4.74 Å². The van der Waals surface area contributed by atoms with Crippen molar-refractivity contribution in [1.29, 1.82) is 0 Å². The van der Waals surface area contributed by atoms with E-state index in [0.29, 0.717) is 17.1 Å². The molecule has 0 aliphatic rings. The molecule has 0 saturated carbocycles. The Bertz CT molecular complexity index is 1440. The molecule has 0 aliphatic carbocycles. The molecule has 0 aromatic heterocycles. The van der Waals surface area contributed by atoms with Crippen molar-refractivity contribution in [2.24, 2.45) is 0 Å². The lowest BCUT2D eigenvalue weighted by Gasteiger charge is -2.22. The minimum Gasteiger partial charge on any atom is -0.497 e. The van der Waals surface area contributed by atoms with Gasteiger partial charge in [0.25, 0.3) is 10.0 Å². The number of rotatable bonds is 9. The Labute approximate surface area is 205 Å². The van der Waals surface area contributed by atoms with Crippen molar-refractivity contribution in [2.75, 3.05) is 34.3 Å². The number of benzene rings is 3. The topological polar surface area (TPSA) is 122 Å². The second-order valence-corrected chi connectivity index (χ2v) is 11.6. The fourth-order valence-corrected chi connectivity index (χ4v) is 5.32. The van der Waals surface area contributed by atoms with Gasteiger partial charge in [0.05, 0.1) is 29.6 Å². The smallest absolute Gasteiger partial charge is 0.261 e. The minimum absolute atomic E-state index is 0.0182. The summed E-state index contributed by atoms with van der Waals surface area (Å²) in [5.74, 6) is -0.148. The predicted molar refractivity (Wildman–Crippen MR) is 137 cm³/mol. The van der Waals surface area contributed by atoms with Gasteiger partial charge < -0.3 is 10.1 Å². The highest BCUT2D eigenvalue weighted by Gasteiger charge is 2.22. The number of aryl methyl sites for hydroxylation is 2. The predicted octanol–water partition coefficient (Wildman–Crippen LogP) is 3.52. The zero-order valence-corrected chi connectivity index (χ0v) is 21.4. The lowest BCUT2D eigenvalue weighted by atomic mass is 10.1. The minimum atomic E-state index is -3.84. The van der Waals surface area contributed by atoms with Crippen molar-refractivity contribution in [3.63, 3.8) is 0 Å². The molecule has 35 heavy (non-hydrogen) atoms. The second kappa shape index (κ2) is 10.4. The van der Waals surface area contributed by atoms with E-state index < -0.39 is 32.5 Å². The highest BCUT2D eigenvalue weighted by atomic mass is 32.2. The van der Waals surface area contributed by atoms with Crippen molar-refractivity contribution in [3.8, 4) is 5.75 Å². The van der Waals surface area contributed by atoms with E-state index in [9.17, 15) is 21.6 Å². The van der Waals surface area contributed by atoms with Crippen molar-refractivity contribution >= 4 is 43.0 Å². The molecule has 0 atom stereocenters. The van der Waals surface area contributed by atoms with E-state index in [1.807, 2.05) is 26.0 Å². The summed E-state index contributed by atoms with van der Waals surface area (Å²) < 4.78 is 58.8. The number of carbonyl (C=O) groups excluding carboxylic acids is 1. The van der Waals surface area contributed by atoms with Crippen LogP contribution >= 0.6 is 0 Å². The van der Waals surface area contributed by atoms with Crippen LogP contribution in [0.2, 0.25) is 0 Å². The van der Waals surface area contributed by atoms with Crippen molar-refractivity contribution < 1.29 is 26.4 Å². The van der Waals surface area contributed by atoms with Crippen LogP contribution in [-0.2, 0) is 24.8 Å². The van der Waals surface area contributed by atoms with Crippen molar-refractivity contribution in [2.45, 2.75) is 18.7 Å². The summed E-state index contributed by atoms with van der Waals surface area (Å²) in [6.07, 6.45) is 1.00. The van der Waals surface area contributed by atoms with Crippen LogP contribution in [0.1, 0.15) is 11.1 Å². The van der Waals surface area contributed by atoms with E-state index in [1.54, 1.807) is 24.3 Å². The summed E-state index contributed by atoms with van der Waals surface area (Å²) in [6.45, 7) is 3.26. The number of nitrogens with one attached hydrogen (secondary N) is 2. The summed E-state index contributed by atoms with van der Waals surface area (Å²) >= 11 is 0. The van der Waals surface area contributed by atoms with Crippen LogP contribution in [0.5, 0.6) is 5.75 Å². The molecule has 0 radical (unpaired) electrons. The molecular weight excluding hydrogens is 490 g/mol. The fourth-order valence-electron chi connectivity index (χ4n) is 3.35. The molecule has 0 saturated heterocycles. The van der Waals surface area contributed by atoms with E-state index in [1.165, 1.54) is 37.4 Å². The average molecular weight is 518 g/mol. The van der Waals surface area contributed by atoms with E-state index in [2.05, 4.69) is 10.0 Å². The van der Waals surface area contributed by atoms with Crippen LogP contribution in [0.15, 0.2) is 71.6 Å². The average Bonchev–Trinajstić information content (AvgIpc) is 2.79. The molecule has 9 nitrogen and oxygen atoms in total. The Morgan fingerprint density at radius 1 is 0.943 bits per heavy atom. The Hall–Kier alpha value is -3.57. The lowest BCUT2D eigenvalue weighted by molar-refractivity contribution is -0.114. The number of sulfonamides is 2. The number of nitrogens with zero attached hydrogens (tertiary/aromatic N) is 1. The second-order valence-electron chi connectivity index (χ2n) is 7.97. The first-order valence-corrected chi connectivity index (χ1v) is 13.8. The molecule has 0 aliphatic heterocycles. The van der Waals surface area contributed by atoms with E-state index in [-0.39, 0.29) is 10.6 Å². The number of anilines is 3. The van der Waals surface area contributed by atoms with Gasteiger partial charge in [0.2, 0.25) is 15.9 Å². The molecule has 0 bridgehead atoms. The Balaban J connectivity index is 1.73. The fraction of sp³-hybridized carbons (Fsp3) is 0.208. The molecular formula is C24H27N3O6S2. The largest absolute Gasteiger partial charge is 0.497 e. The van der Waals surface area contributed by atoms with Gasteiger partial charge in [0, 0.05) is 11.8 Å². The number of hydrogen-bond acceptors (Lipinski definition) is 6. The maximum atomic E-state index is 12.8. The number of ether oxygens (including phenoxy) is 1. The van der Waals surface area contributed by atoms with Gasteiger partial charge in [-0.05, 0) is 61.9 Å². The lowest BCUT2D eigenvalue weighted by Crippen LogP contribution is -2.37. The third-order valence-electron chi connectivity index (χ3n) is 5.10. The zero-order valence-electron chi connectivity index (χ0n) is 19.8. The quantitative estimate of drug-likeness (QED) is 0.448. The Morgan fingerprint density at radius 2 is 1.63 bits per heavy atom. The first kappa shape index (κ1) is 26.0. The summed E-state index contributed by atoms with van der Waals surface area (Å²) in [6, 6.07) is 17.3. The van der Waals surface area contributed by atoms with Crippen LogP contribution < -0.4 is 19.1 Å². The van der Waals surface area contributed by atoms with Crippen LogP contribution in [0, 0.1) is 13.8 Å². The molecule has 0 fully saturated rings. The number of amides is 1. The zero-order chi connectivity index (χ0) is 25.8. The van der Waals surface area contributed by atoms with Gasteiger partial charge in [-0.15, -0.1) is 0 Å². The molecule has 2 N–H and O–H groups in total. The SMILES string of the molecule is COc1cccc(N(CC(=O)Nc2ccc(S(=O)(=O)Nc3ccc(C)cc3C)cc2)S(C)(=O)=O)c1. The monoisotopic (exact) mass is 517 g/mol. The maximum Gasteiger partial charge on any atom is 0.261 e. The molecule has 0 spiro atoms. The van der Waals surface area contributed by atoms with E-state index in [0.717, 1.165) is 21.7 Å². The Morgan fingerprint density at radius 3 is 2.23 bits per heavy atom. The summed E-state index contributed by atoms with van der Waals surface area (Å²) in [5, 5.41) is 2.60. The molecule has 186 valence electrons. The van der Waals surface area contributed by atoms with Gasteiger partial charge in [-0.2, -0.15) is 0 Å². The van der Waals surface area contributed by atoms with Gasteiger partial charge in [-0.3, -0.25) is 13.8 Å².